The molecule has 2 atom stereocenters. The van der Waals surface area contributed by atoms with Gasteiger partial charge in [-0.25, -0.2) is 0 Å². The Morgan fingerprint density at radius 1 is 1.33 bits per heavy atom. The van der Waals surface area contributed by atoms with Crippen molar-refractivity contribution in [3.63, 3.8) is 0 Å². The maximum absolute atomic E-state index is 8.85. The van der Waals surface area contributed by atoms with Crippen molar-refractivity contribution in [3.8, 4) is 0 Å². The minimum Gasteiger partial charge on any atom is -0.396 e. The quantitative estimate of drug-likeness (QED) is 0.633. The fourth-order valence-corrected chi connectivity index (χ4v) is 1.50. The molecular formula is C10H21NO. The van der Waals surface area contributed by atoms with E-state index in [1.54, 1.807) is 0 Å². The maximum atomic E-state index is 8.85. The van der Waals surface area contributed by atoms with Crippen molar-refractivity contribution < 1.29 is 5.11 Å². The Bertz CT molecular complexity index is 123. The summed E-state index contributed by atoms with van der Waals surface area (Å²) >= 11 is 0. The molecule has 0 bridgehead atoms. The molecule has 0 amide bonds. The molecule has 12 heavy (non-hydrogen) atoms. The molecular weight excluding hydrogens is 150 g/mol. The lowest BCUT2D eigenvalue weighted by Crippen LogP contribution is -2.24. The van der Waals surface area contributed by atoms with Gasteiger partial charge in [-0.15, -0.1) is 0 Å². The Morgan fingerprint density at radius 3 is 2.50 bits per heavy atom. The van der Waals surface area contributed by atoms with E-state index in [-0.39, 0.29) is 0 Å². The highest BCUT2D eigenvalue weighted by Gasteiger charge is 2.21. The Morgan fingerprint density at radius 2 is 2.00 bits per heavy atom. The van der Waals surface area contributed by atoms with Gasteiger partial charge in [0, 0.05) is 12.6 Å². The molecule has 0 aromatic carbocycles. The van der Waals surface area contributed by atoms with Gasteiger partial charge in [0.25, 0.3) is 0 Å². The van der Waals surface area contributed by atoms with Crippen molar-refractivity contribution in [3.05, 3.63) is 0 Å². The van der Waals surface area contributed by atoms with Crippen LogP contribution in [0.5, 0.6) is 0 Å². The second-order valence-electron chi connectivity index (χ2n) is 4.31. The summed E-state index contributed by atoms with van der Waals surface area (Å²) in [5.41, 5.74) is 0. The van der Waals surface area contributed by atoms with Crippen molar-refractivity contribution in [2.24, 2.45) is 11.8 Å². The summed E-state index contributed by atoms with van der Waals surface area (Å²) in [6, 6.07) is 0.817. The zero-order valence-corrected chi connectivity index (χ0v) is 8.21. The molecule has 72 valence electrons. The van der Waals surface area contributed by atoms with E-state index in [1.807, 2.05) is 0 Å². The van der Waals surface area contributed by atoms with Crippen LogP contribution in [0.1, 0.15) is 33.1 Å². The van der Waals surface area contributed by atoms with Crippen LogP contribution in [0.2, 0.25) is 0 Å². The smallest absolute Gasteiger partial charge is 0.0456 e. The molecule has 0 aromatic heterocycles. The van der Waals surface area contributed by atoms with E-state index < -0.39 is 0 Å². The summed E-state index contributed by atoms with van der Waals surface area (Å²) in [6.45, 7) is 5.80. The summed E-state index contributed by atoms with van der Waals surface area (Å²) in [7, 11) is 0. The lowest BCUT2D eigenvalue weighted by molar-refractivity contribution is 0.214. The molecule has 0 radical (unpaired) electrons. The van der Waals surface area contributed by atoms with Gasteiger partial charge in [-0.3, -0.25) is 0 Å². The average Bonchev–Trinajstić information content (AvgIpc) is 2.83. The molecule has 1 aliphatic carbocycles. The zero-order valence-electron chi connectivity index (χ0n) is 8.21. The Hall–Kier alpha value is -0.0800. The van der Waals surface area contributed by atoms with Crippen LogP contribution in [-0.4, -0.2) is 24.3 Å². The Balaban J connectivity index is 1.97. The number of aliphatic hydroxyl groups is 1. The molecule has 0 heterocycles. The summed E-state index contributed by atoms with van der Waals surface area (Å²) < 4.78 is 0. The van der Waals surface area contributed by atoms with E-state index >= 15 is 0 Å². The van der Waals surface area contributed by atoms with Gasteiger partial charge < -0.3 is 10.4 Å². The highest BCUT2D eigenvalue weighted by Crippen LogP contribution is 2.19. The normalized spacial score (nSPS) is 22.2. The van der Waals surface area contributed by atoms with Crippen LogP contribution in [0.3, 0.4) is 0 Å². The van der Waals surface area contributed by atoms with Gasteiger partial charge in [0.05, 0.1) is 0 Å². The van der Waals surface area contributed by atoms with Crippen molar-refractivity contribution in [1.29, 1.82) is 0 Å². The molecule has 1 saturated carbocycles. The molecule has 2 heteroatoms. The first-order valence-electron chi connectivity index (χ1n) is 5.06. The largest absolute Gasteiger partial charge is 0.396 e. The van der Waals surface area contributed by atoms with Gasteiger partial charge in [0.1, 0.15) is 0 Å². The van der Waals surface area contributed by atoms with E-state index in [4.69, 9.17) is 5.11 Å². The molecule has 1 rings (SSSR count). The van der Waals surface area contributed by atoms with Gasteiger partial charge >= 0.3 is 0 Å². The topological polar surface area (TPSA) is 32.3 Å². The number of hydrogen-bond donors (Lipinski definition) is 2. The minimum atomic E-state index is 0.327. The first-order valence-corrected chi connectivity index (χ1v) is 5.06. The van der Waals surface area contributed by atoms with E-state index in [1.165, 1.54) is 12.8 Å². The monoisotopic (exact) mass is 171 g/mol. The predicted molar refractivity (Wildman–Crippen MR) is 51.1 cm³/mol. The molecule has 0 saturated heterocycles. The molecule has 0 aromatic rings. The summed E-state index contributed by atoms with van der Waals surface area (Å²) in [6.07, 6.45) is 3.86. The van der Waals surface area contributed by atoms with Crippen LogP contribution < -0.4 is 5.32 Å². The first kappa shape index (κ1) is 10.0. The number of rotatable bonds is 6. The fraction of sp³-hybridized carbons (Fsp3) is 1.00. The van der Waals surface area contributed by atoms with Crippen molar-refractivity contribution in [2.45, 2.75) is 39.2 Å². The summed E-state index contributed by atoms with van der Waals surface area (Å²) in [5, 5.41) is 12.4. The second-order valence-corrected chi connectivity index (χ2v) is 4.31. The number of hydrogen-bond acceptors (Lipinski definition) is 2. The lowest BCUT2D eigenvalue weighted by Gasteiger charge is -2.15. The van der Waals surface area contributed by atoms with Gasteiger partial charge in [0.2, 0.25) is 0 Å². The van der Waals surface area contributed by atoms with E-state index in [2.05, 4.69) is 19.2 Å². The van der Waals surface area contributed by atoms with Crippen LogP contribution in [0.4, 0.5) is 0 Å². The van der Waals surface area contributed by atoms with Crippen molar-refractivity contribution in [1.82, 2.24) is 5.32 Å². The summed E-state index contributed by atoms with van der Waals surface area (Å²) in [4.78, 5) is 0. The van der Waals surface area contributed by atoms with Crippen LogP contribution >= 0.6 is 0 Å². The van der Waals surface area contributed by atoms with Gasteiger partial charge in [-0.05, 0) is 37.6 Å². The fourth-order valence-electron chi connectivity index (χ4n) is 1.50. The predicted octanol–water partition coefficient (Wildman–Crippen LogP) is 1.39. The maximum Gasteiger partial charge on any atom is 0.0456 e. The molecule has 0 aliphatic heterocycles. The van der Waals surface area contributed by atoms with Crippen LogP contribution in [0.15, 0.2) is 0 Å². The lowest BCUT2D eigenvalue weighted by atomic mass is 9.98. The molecule has 2 unspecified atom stereocenters. The number of aliphatic hydroxyl groups excluding tert-OH is 1. The Labute approximate surface area is 75.4 Å². The second kappa shape index (κ2) is 4.83. The summed E-state index contributed by atoms with van der Waals surface area (Å²) in [5.74, 6) is 1.16. The van der Waals surface area contributed by atoms with Crippen molar-refractivity contribution >= 4 is 0 Å². The molecule has 0 spiro atoms. The molecule has 1 aliphatic rings. The van der Waals surface area contributed by atoms with Crippen LogP contribution in [0.25, 0.3) is 0 Å². The average molecular weight is 171 g/mol. The third kappa shape index (κ3) is 4.07. The van der Waals surface area contributed by atoms with Gasteiger partial charge in [-0.2, -0.15) is 0 Å². The third-order valence-electron chi connectivity index (χ3n) is 2.45. The van der Waals surface area contributed by atoms with E-state index in [0.717, 1.165) is 19.0 Å². The highest BCUT2D eigenvalue weighted by atomic mass is 16.3. The van der Waals surface area contributed by atoms with Gasteiger partial charge in [0.15, 0.2) is 0 Å². The number of nitrogens with one attached hydrogen (secondary N) is 1. The van der Waals surface area contributed by atoms with E-state index in [0.29, 0.717) is 18.4 Å². The van der Waals surface area contributed by atoms with Gasteiger partial charge in [-0.1, -0.05) is 13.8 Å². The van der Waals surface area contributed by atoms with Crippen LogP contribution in [-0.2, 0) is 0 Å². The first-order chi connectivity index (χ1) is 5.72. The van der Waals surface area contributed by atoms with Crippen molar-refractivity contribution in [2.75, 3.05) is 13.2 Å². The molecule has 2 nitrogen and oxygen atoms in total. The zero-order chi connectivity index (χ0) is 8.97. The SMILES string of the molecule is CC(CO)CC(C)CNC1CC1. The molecule has 1 fully saturated rings. The van der Waals surface area contributed by atoms with Crippen LogP contribution in [0, 0.1) is 11.8 Å². The third-order valence-corrected chi connectivity index (χ3v) is 2.45. The Kier molecular flexibility index (Phi) is 4.02. The highest BCUT2D eigenvalue weighted by molar-refractivity contribution is 4.81. The van der Waals surface area contributed by atoms with E-state index in [9.17, 15) is 0 Å². The standard InChI is InChI=1S/C10H21NO/c1-8(5-9(2)7-12)6-11-10-3-4-10/h8-12H,3-7H2,1-2H3. The minimum absolute atomic E-state index is 0.327. The molecule has 2 N–H and O–H groups in total.